The third kappa shape index (κ3) is 8.24. The van der Waals surface area contributed by atoms with Gasteiger partial charge in [0, 0.05) is 30.8 Å². The fraction of sp³-hybridized carbons (Fsp3) is 0.556. The fourth-order valence-electron chi connectivity index (χ4n) is 1.78. The Morgan fingerprint density at radius 2 is 1.43 bits per heavy atom. The summed E-state index contributed by atoms with van der Waals surface area (Å²) in [5.41, 5.74) is 0.670. The van der Waals surface area contributed by atoms with E-state index in [0.29, 0.717) is 12.0 Å². The molecular weight excluding hydrogens is 296 g/mol. The first-order valence-corrected chi connectivity index (χ1v) is 7.66. The molecule has 0 spiro atoms. The Labute approximate surface area is 137 Å². The Morgan fingerprint density at radius 3 is 1.91 bits per heavy atom. The second kappa shape index (κ2) is 9.87. The van der Waals surface area contributed by atoms with Gasteiger partial charge in [-0.15, -0.1) is 0 Å². The second-order valence-electron chi connectivity index (χ2n) is 5.92. The molecule has 0 rings (SSSR count). The van der Waals surface area contributed by atoms with Gasteiger partial charge in [-0.1, -0.05) is 20.1 Å². The summed E-state index contributed by atoms with van der Waals surface area (Å²) in [4.78, 5) is 46.6. The Balaban J connectivity index is 4.18. The summed E-state index contributed by atoms with van der Waals surface area (Å²) in [5.74, 6) is -1.40. The molecule has 5 heteroatoms. The van der Waals surface area contributed by atoms with Gasteiger partial charge in [-0.2, -0.15) is 0 Å². The minimum atomic E-state index is -0.850. The molecule has 0 aromatic carbocycles. The van der Waals surface area contributed by atoms with Crippen LogP contribution in [0.4, 0.5) is 0 Å². The maximum Gasteiger partial charge on any atom is 0.333 e. The standard InChI is InChI=1S/C18H26O5/c1-11(2)17(21)10-13(5)15(19)8-7-9-16(20)14(6)23-18(22)12(3)4/h13-14H,1,3,7-10H2,2,4-6H3. The molecule has 5 nitrogen and oxygen atoms in total. The maximum atomic E-state index is 11.9. The molecule has 2 unspecified atom stereocenters. The van der Waals surface area contributed by atoms with E-state index in [1.165, 1.54) is 13.8 Å². The number of Topliss-reactive ketones (excluding diaryl/α,β-unsaturated/α-hetero) is 3. The molecule has 0 N–H and O–H groups in total. The summed E-state index contributed by atoms with van der Waals surface area (Å²) in [5, 5.41) is 0. The molecular formula is C18H26O5. The predicted molar refractivity (Wildman–Crippen MR) is 87.8 cm³/mol. The number of ether oxygens (including phenoxy) is 1. The molecule has 0 aromatic rings. The largest absolute Gasteiger partial charge is 0.451 e. The van der Waals surface area contributed by atoms with Crippen molar-refractivity contribution in [3.05, 3.63) is 24.3 Å². The normalized spacial score (nSPS) is 12.9. The van der Waals surface area contributed by atoms with Crippen LogP contribution in [0.25, 0.3) is 0 Å². The Bertz CT molecular complexity index is 470. The van der Waals surface area contributed by atoms with Crippen molar-refractivity contribution >= 4 is 23.3 Å². The van der Waals surface area contributed by atoms with Gasteiger partial charge in [-0.05, 0) is 32.8 Å². The van der Waals surface area contributed by atoms with E-state index in [0.717, 1.165) is 0 Å². The van der Waals surface area contributed by atoms with Crippen molar-refractivity contribution in [2.75, 3.05) is 0 Å². The van der Waals surface area contributed by atoms with E-state index in [2.05, 4.69) is 13.2 Å². The van der Waals surface area contributed by atoms with Crippen LogP contribution >= 0.6 is 0 Å². The van der Waals surface area contributed by atoms with Gasteiger partial charge in [-0.3, -0.25) is 14.4 Å². The molecule has 0 saturated carbocycles. The third-order valence-corrected chi connectivity index (χ3v) is 3.45. The molecule has 0 saturated heterocycles. The number of allylic oxidation sites excluding steroid dienone is 1. The molecule has 0 amide bonds. The Hall–Kier alpha value is -2.04. The highest BCUT2D eigenvalue weighted by Gasteiger charge is 2.20. The average Bonchev–Trinajstić information content (AvgIpc) is 2.46. The number of rotatable bonds is 11. The van der Waals surface area contributed by atoms with E-state index >= 15 is 0 Å². The number of esters is 1. The summed E-state index contributed by atoms with van der Waals surface area (Å²) in [6.45, 7) is 13.3. The molecule has 0 radical (unpaired) electrons. The summed E-state index contributed by atoms with van der Waals surface area (Å²) in [7, 11) is 0. The minimum absolute atomic E-state index is 0.0565. The lowest BCUT2D eigenvalue weighted by atomic mass is 9.94. The minimum Gasteiger partial charge on any atom is -0.451 e. The zero-order chi connectivity index (χ0) is 18.2. The molecule has 0 aliphatic rings. The van der Waals surface area contributed by atoms with E-state index in [-0.39, 0.29) is 48.1 Å². The molecule has 23 heavy (non-hydrogen) atoms. The molecule has 0 bridgehead atoms. The summed E-state index contributed by atoms with van der Waals surface area (Å²) >= 11 is 0. The van der Waals surface area contributed by atoms with Gasteiger partial charge in [0.15, 0.2) is 17.7 Å². The van der Waals surface area contributed by atoms with Crippen LogP contribution in [-0.2, 0) is 23.9 Å². The maximum absolute atomic E-state index is 11.9. The summed E-state index contributed by atoms with van der Waals surface area (Å²) in [6.07, 6.45) is 0.0406. The first-order chi connectivity index (χ1) is 10.6. The van der Waals surface area contributed by atoms with Crippen LogP contribution < -0.4 is 0 Å². The van der Waals surface area contributed by atoms with Crippen molar-refractivity contribution in [1.82, 2.24) is 0 Å². The van der Waals surface area contributed by atoms with Crippen LogP contribution in [-0.4, -0.2) is 29.4 Å². The van der Waals surface area contributed by atoms with Crippen molar-refractivity contribution < 1.29 is 23.9 Å². The van der Waals surface area contributed by atoms with Crippen LogP contribution in [0.1, 0.15) is 53.4 Å². The van der Waals surface area contributed by atoms with Gasteiger partial charge in [0.2, 0.25) is 0 Å². The smallest absolute Gasteiger partial charge is 0.333 e. The number of hydrogen-bond acceptors (Lipinski definition) is 5. The van der Waals surface area contributed by atoms with Crippen LogP contribution in [0.2, 0.25) is 0 Å². The average molecular weight is 322 g/mol. The van der Waals surface area contributed by atoms with Gasteiger partial charge < -0.3 is 4.74 Å². The van der Waals surface area contributed by atoms with E-state index in [1.807, 2.05) is 0 Å². The van der Waals surface area contributed by atoms with E-state index in [9.17, 15) is 19.2 Å². The number of ketones is 3. The van der Waals surface area contributed by atoms with Crippen molar-refractivity contribution in [2.45, 2.75) is 59.5 Å². The van der Waals surface area contributed by atoms with Crippen LogP contribution in [0.15, 0.2) is 24.3 Å². The van der Waals surface area contributed by atoms with Crippen molar-refractivity contribution in [3.63, 3.8) is 0 Å². The van der Waals surface area contributed by atoms with Gasteiger partial charge in [0.1, 0.15) is 5.78 Å². The SMILES string of the molecule is C=C(C)C(=O)CC(C)C(=O)CCCC(=O)C(C)OC(=O)C(=C)C. The first-order valence-electron chi connectivity index (χ1n) is 7.66. The molecule has 128 valence electrons. The molecule has 0 heterocycles. The van der Waals surface area contributed by atoms with Gasteiger partial charge in [0.05, 0.1) is 0 Å². The van der Waals surface area contributed by atoms with Crippen molar-refractivity contribution in [2.24, 2.45) is 5.92 Å². The Morgan fingerprint density at radius 1 is 0.913 bits per heavy atom. The lowest BCUT2D eigenvalue weighted by molar-refractivity contribution is -0.150. The Kier molecular flexibility index (Phi) is 9.00. The van der Waals surface area contributed by atoms with Crippen LogP contribution in [0.5, 0.6) is 0 Å². The highest BCUT2D eigenvalue weighted by Crippen LogP contribution is 2.13. The molecule has 0 fully saturated rings. The molecule has 2 atom stereocenters. The van der Waals surface area contributed by atoms with Crippen LogP contribution in [0, 0.1) is 5.92 Å². The first kappa shape index (κ1) is 21.0. The topological polar surface area (TPSA) is 77.5 Å². The molecule has 0 aromatic heterocycles. The quantitative estimate of drug-likeness (QED) is 0.432. The van der Waals surface area contributed by atoms with Gasteiger partial charge >= 0.3 is 5.97 Å². The third-order valence-electron chi connectivity index (χ3n) is 3.45. The van der Waals surface area contributed by atoms with Crippen molar-refractivity contribution in [3.8, 4) is 0 Å². The van der Waals surface area contributed by atoms with E-state index in [1.54, 1.807) is 13.8 Å². The zero-order valence-corrected chi connectivity index (χ0v) is 14.4. The zero-order valence-electron chi connectivity index (χ0n) is 14.4. The number of carbonyl (C=O) groups is 4. The molecule has 0 aliphatic carbocycles. The van der Waals surface area contributed by atoms with E-state index in [4.69, 9.17) is 4.74 Å². The van der Waals surface area contributed by atoms with Crippen molar-refractivity contribution in [1.29, 1.82) is 0 Å². The van der Waals surface area contributed by atoms with Gasteiger partial charge in [-0.25, -0.2) is 4.79 Å². The second-order valence-corrected chi connectivity index (χ2v) is 5.92. The highest BCUT2D eigenvalue weighted by atomic mass is 16.5. The summed E-state index contributed by atoms with van der Waals surface area (Å²) < 4.78 is 4.93. The van der Waals surface area contributed by atoms with Crippen LogP contribution in [0.3, 0.4) is 0 Å². The van der Waals surface area contributed by atoms with Gasteiger partial charge in [0.25, 0.3) is 0 Å². The lowest BCUT2D eigenvalue weighted by Gasteiger charge is -2.13. The predicted octanol–water partition coefficient (Wildman–Crippen LogP) is 2.97. The van der Waals surface area contributed by atoms with E-state index < -0.39 is 12.1 Å². The highest BCUT2D eigenvalue weighted by molar-refractivity contribution is 5.97. The number of hydrogen-bond donors (Lipinski definition) is 0. The lowest BCUT2D eigenvalue weighted by Crippen LogP contribution is -2.24. The molecule has 0 aliphatic heterocycles. The fourth-order valence-corrected chi connectivity index (χ4v) is 1.78. The summed E-state index contributed by atoms with van der Waals surface area (Å²) in [6, 6.07) is 0. The number of carbonyl (C=O) groups excluding carboxylic acids is 4. The monoisotopic (exact) mass is 322 g/mol.